The van der Waals surface area contributed by atoms with Gasteiger partial charge in [0.05, 0.1) is 0 Å². The number of fused-ring (bicyclic) bond motifs is 1. The summed E-state index contributed by atoms with van der Waals surface area (Å²) in [6, 6.07) is 13.9. The van der Waals surface area contributed by atoms with Crippen LogP contribution < -0.4 is 5.32 Å². The van der Waals surface area contributed by atoms with E-state index in [1.807, 2.05) is 6.07 Å². The number of hydrogen-bond acceptors (Lipinski definition) is 5. The first-order valence-electron chi connectivity index (χ1n) is 7.47. The van der Waals surface area contributed by atoms with Crippen LogP contribution in [0.1, 0.15) is 18.4 Å². The van der Waals surface area contributed by atoms with Crippen LogP contribution in [0.25, 0.3) is 5.65 Å². The van der Waals surface area contributed by atoms with Crippen LogP contribution in [0.15, 0.2) is 48.7 Å². The first-order chi connectivity index (χ1) is 11.2. The number of nitro groups is 1. The number of imidazole rings is 1. The van der Waals surface area contributed by atoms with Gasteiger partial charge in [-0.1, -0.05) is 39.9 Å². The lowest BCUT2D eigenvalue weighted by atomic mass is 9.96. The van der Waals surface area contributed by atoms with Gasteiger partial charge in [-0.25, -0.2) is 4.98 Å². The molecule has 1 aromatic carbocycles. The summed E-state index contributed by atoms with van der Waals surface area (Å²) in [7, 11) is 0. The number of rotatable bonds is 5. The van der Waals surface area contributed by atoms with Crippen LogP contribution in [0.4, 0.5) is 11.6 Å². The normalized spacial score (nSPS) is 15.5. The highest BCUT2D eigenvalue weighted by Gasteiger charge is 2.43. The lowest BCUT2D eigenvalue weighted by molar-refractivity contribution is -0.391. The van der Waals surface area contributed by atoms with E-state index in [1.54, 1.807) is 12.1 Å². The zero-order valence-electron chi connectivity index (χ0n) is 12.3. The third-order valence-corrected chi connectivity index (χ3v) is 4.38. The maximum Gasteiger partial charge on any atom is 0.368 e. The molecule has 4 rings (SSSR count). The third kappa shape index (κ3) is 2.40. The van der Waals surface area contributed by atoms with Crippen molar-refractivity contribution in [3.63, 3.8) is 0 Å². The third-order valence-electron chi connectivity index (χ3n) is 4.38. The molecule has 1 aliphatic rings. The maximum atomic E-state index is 11.0. The SMILES string of the molecule is O=[N+]([O-])c1cnc2ccc(NCC3(c4ccccc4)CC3)nn12. The van der Waals surface area contributed by atoms with E-state index < -0.39 is 4.92 Å². The summed E-state index contributed by atoms with van der Waals surface area (Å²) in [6.07, 6.45) is 3.49. The molecule has 0 amide bonds. The molecular weight excluding hydrogens is 294 g/mol. The monoisotopic (exact) mass is 309 g/mol. The summed E-state index contributed by atoms with van der Waals surface area (Å²) in [5.74, 6) is 0.480. The topological polar surface area (TPSA) is 85.4 Å². The predicted molar refractivity (Wildman–Crippen MR) is 85.5 cm³/mol. The van der Waals surface area contributed by atoms with Crippen molar-refractivity contribution in [3.8, 4) is 0 Å². The zero-order valence-corrected chi connectivity index (χ0v) is 12.3. The van der Waals surface area contributed by atoms with Crippen molar-refractivity contribution in [3.05, 3.63) is 64.3 Å². The van der Waals surface area contributed by atoms with Crippen LogP contribution in [0.2, 0.25) is 0 Å². The van der Waals surface area contributed by atoms with Gasteiger partial charge >= 0.3 is 5.82 Å². The standard InChI is InChI=1S/C16H15N5O2/c22-21(23)15-10-17-14-7-6-13(19-20(14)15)18-11-16(8-9-16)12-4-2-1-3-5-12/h1-7,10H,8-9,11H2,(H,18,19). The van der Waals surface area contributed by atoms with Gasteiger partial charge < -0.3 is 15.4 Å². The lowest BCUT2D eigenvalue weighted by Crippen LogP contribution is -2.20. The average Bonchev–Trinajstić information content (AvgIpc) is 3.25. The van der Waals surface area contributed by atoms with Crippen LogP contribution in [-0.4, -0.2) is 26.1 Å². The molecule has 2 heterocycles. The van der Waals surface area contributed by atoms with Gasteiger partial charge in [0.2, 0.25) is 5.65 Å². The zero-order chi connectivity index (χ0) is 15.9. The molecule has 0 radical (unpaired) electrons. The number of nitrogens with one attached hydrogen (secondary N) is 1. The van der Waals surface area contributed by atoms with Gasteiger partial charge in [0, 0.05) is 18.0 Å². The molecule has 3 aromatic rings. The molecule has 0 bridgehead atoms. The van der Waals surface area contributed by atoms with E-state index >= 15 is 0 Å². The van der Waals surface area contributed by atoms with Crippen molar-refractivity contribution >= 4 is 17.3 Å². The minimum Gasteiger partial charge on any atom is -0.366 e. The number of benzene rings is 1. The van der Waals surface area contributed by atoms with E-state index in [1.165, 1.54) is 16.3 Å². The van der Waals surface area contributed by atoms with E-state index in [0.29, 0.717) is 11.5 Å². The van der Waals surface area contributed by atoms with Gasteiger partial charge in [0.15, 0.2) is 5.82 Å². The molecule has 1 fully saturated rings. The summed E-state index contributed by atoms with van der Waals surface area (Å²) in [4.78, 5) is 14.5. The van der Waals surface area contributed by atoms with E-state index in [9.17, 15) is 10.1 Å². The van der Waals surface area contributed by atoms with Gasteiger partial charge in [-0.3, -0.25) is 0 Å². The molecule has 0 aliphatic heterocycles. The molecule has 0 unspecified atom stereocenters. The highest BCUT2D eigenvalue weighted by molar-refractivity contribution is 5.48. The van der Waals surface area contributed by atoms with Crippen LogP contribution in [-0.2, 0) is 5.41 Å². The second-order valence-corrected chi connectivity index (χ2v) is 5.86. The van der Waals surface area contributed by atoms with Crippen LogP contribution in [0, 0.1) is 10.1 Å². The van der Waals surface area contributed by atoms with Gasteiger partial charge in [0.1, 0.15) is 6.20 Å². The largest absolute Gasteiger partial charge is 0.368 e. The van der Waals surface area contributed by atoms with Crippen molar-refractivity contribution in [1.29, 1.82) is 0 Å². The summed E-state index contributed by atoms with van der Waals surface area (Å²) < 4.78 is 1.25. The molecule has 0 saturated heterocycles. The first-order valence-corrected chi connectivity index (χ1v) is 7.47. The minimum absolute atomic E-state index is 0.132. The Morgan fingerprint density at radius 3 is 2.70 bits per heavy atom. The smallest absolute Gasteiger partial charge is 0.366 e. The van der Waals surface area contributed by atoms with Crippen molar-refractivity contribution in [1.82, 2.24) is 14.6 Å². The highest BCUT2D eigenvalue weighted by Crippen LogP contribution is 2.47. The van der Waals surface area contributed by atoms with Crippen molar-refractivity contribution in [2.45, 2.75) is 18.3 Å². The van der Waals surface area contributed by atoms with Crippen molar-refractivity contribution in [2.24, 2.45) is 0 Å². The number of aromatic nitrogens is 3. The van der Waals surface area contributed by atoms with Crippen molar-refractivity contribution in [2.75, 3.05) is 11.9 Å². The maximum absolute atomic E-state index is 11.0. The van der Waals surface area contributed by atoms with Crippen molar-refractivity contribution < 1.29 is 4.92 Å². The van der Waals surface area contributed by atoms with Gasteiger partial charge in [-0.15, -0.1) is 0 Å². The molecule has 2 aromatic heterocycles. The summed E-state index contributed by atoms with van der Waals surface area (Å²) >= 11 is 0. The average molecular weight is 309 g/mol. The van der Waals surface area contributed by atoms with Crippen LogP contribution >= 0.6 is 0 Å². The molecular formula is C16H15N5O2. The summed E-state index contributed by atoms with van der Waals surface area (Å²) in [6.45, 7) is 0.762. The molecule has 1 N–H and O–H groups in total. The Morgan fingerprint density at radius 1 is 1.22 bits per heavy atom. The predicted octanol–water partition coefficient (Wildman–Crippen LogP) is 2.78. The van der Waals surface area contributed by atoms with Gasteiger partial charge in [0.25, 0.3) is 0 Å². The van der Waals surface area contributed by atoms with E-state index in [0.717, 1.165) is 19.4 Å². The fourth-order valence-electron chi connectivity index (χ4n) is 2.85. The van der Waals surface area contributed by atoms with Crippen LogP contribution in [0.3, 0.4) is 0 Å². The Balaban J connectivity index is 1.57. The Labute approximate surface area is 132 Å². The van der Waals surface area contributed by atoms with E-state index in [4.69, 9.17) is 0 Å². The van der Waals surface area contributed by atoms with Gasteiger partial charge in [-0.2, -0.15) is 0 Å². The number of nitrogens with zero attached hydrogens (tertiary/aromatic N) is 4. The molecule has 0 spiro atoms. The summed E-state index contributed by atoms with van der Waals surface area (Å²) in [5, 5.41) is 18.6. The summed E-state index contributed by atoms with van der Waals surface area (Å²) in [5.41, 5.74) is 1.94. The number of anilines is 1. The Hall–Kier alpha value is -2.96. The second kappa shape index (κ2) is 5.05. The van der Waals surface area contributed by atoms with E-state index in [2.05, 4.69) is 39.7 Å². The minimum atomic E-state index is -0.483. The molecule has 116 valence electrons. The Kier molecular flexibility index (Phi) is 3.00. The molecule has 1 aliphatic carbocycles. The molecule has 7 heteroatoms. The first kappa shape index (κ1) is 13.7. The quantitative estimate of drug-likeness (QED) is 0.578. The van der Waals surface area contributed by atoms with E-state index in [-0.39, 0.29) is 11.2 Å². The molecule has 23 heavy (non-hydrogen) atoms. The molecule has 1 saturated carbocycles. The Morgan fingerprint density at radius 2 is 2.00 bits per heavy atom. The second-order valence-electron chi connectivity index (χ2n) is 5.86. The fraction of sp³-hybridized carbons (Fsp3) is 0.250. The molecule has 0 atom stereocenters. The Bertz CT molecular complexity index is 871. The molecule has 7 nitrogen and oxygen atoms in total. The number of hydrogen-bond donors (Lipinski definition) is 1. The van der Waals surface area contributed by atoms with Crippen LogP contribution in [0.5, 0.6) is 0 Å². The van der Waals surface area contributed by atoms with Gasteiger partial charge in [-0.05, 0) is 29.4 Å². The lowest BCUT2D eigenvalue weighted by Gasteiger charge is -2.16. The fourth-order valence-corrected chi connectivity index (χ4v) is 2.85. The highest BCUT2D eigenvalue weighted by atomic mass is 16.6.